The SMILES string of the molecule is CC(C)(C)OC(=O)NCCCCC(NC(=O)OCC1c2ccccc2-c2ccccc21)C(=O)N1C(C(=O)O)CSC1(C)C. The first kappa shape index (κ1) is 32.2. The molecule has 2 unspecified atom stereocenters. The zero-order chi connectivity index (χ0) is 31.4. The molecule has 0 aromatic heterocycles. The van der Waals surface area contributed by atoms with Crippen LogP contribution in [-0.2, 0) is 19.1 Å². The Hall–Kier alpha value is -3.73. The number of aliphatic carboxylic acids is 1. The normalized spacial score (nSPS) is 17.9. The van der Waals surface area contributed by atoms with Gasteiger partial charge in [0.25, 0.3) is 0 Å². The van der Waals surface area contributed by atoms with E-state index in [1.165, 1.54) is 16.7 Å². The predicted octanol–water partition coefficient (Wildman–Crippen LogP) is 5.35. The lowest BCUT2D eigenvalue weighted by molar-refractivity contribution is -0.151. The van der Waals surface area contributed by atoms with Gasteiger partial charge in [-0.15, -0.1) is 11.8 Å². The minimum Gasteiger partial charge on any atom is -0.480 e. The molecule has 1 aliphatic heterocycles. The highest BCUT2D eigenvalue weighted by Crippen LogP contribution is 2.44. The van der Waals surface area contributed by atoms with Crippen molar-refractivity contribution >= 4 is 35.8 Å². The molecule has 2 aromatic carbocycles. The number of ether oxygens (including phenoxy) is 2. The van der Waals surface area contributed by atoms with Gasteiger partial charge in [-0.1, -0.05) is 48.5 Å². The number of nitrogens with one attached hydrogen (secondary N) is 2. The maximum Gasteiger partial charge on any atom is 0.407 e. The first-order valence-corrected chi connectivity index (χ1v) is 15.6. The molecule has 43 heavy (non-hydrogen) atoms. The summed E-state index contributed by atoms with van der Waals surface area (Å²) in [5.41, 5.74) is 3.74. The van der Waals surface area contributed by atoms with Gasteiger partial charge in [0.2, 0.25) is 5.91 Å². The number of unbranched alkanes of at least 4 members (excludes halogenated alkanes) is 1. The number of hydrogen-bond acceptors (Lipinski definition) is 7. The number of hydrogen-bond donors (Lipinski definition) is 3. The van der Waals surface area contributed by atoms with Gasteiger partial charge in [0, 0.05) is 18.2 Å². The van der Waals surface area contributed by atoms with Gasteiger partial charge in [-0.2, -0.15) is 0 Å². The van der Waals surface area contributed by atoms with E-state index in [1.807, 2.05) is 36.4 Å². The highest BCUT2D eigenvalue weighted by atomic mass is 32.2. The zero-order valence-corrected chi connectivity index (χ0v) is 26.2. The molecule has 0 spiro atoms. The molecular weight excluding hydrogens is 570 g/mol. The first-order valence-electron chi connectivity index (χ1n) is 14.6. The molecule has 1 fully saturated rings. The van der Waals surface area contributed by atoms with E-state index in [-0.39, 0.29) is 24.7 Å². The van der Waals surface area contributed by atoms with E-state index >= 15 is 0 Å². The fourth-order valence-corrected chi connectivity index (χ4v) is 6.80. The summed E-state index contributed by atoms with van der Waals surface area (Å²) < 4.78 is 11.0. The Labute approximate surface area is 256 Å². The topological polar surface area (TPSA) is 134 Å². The average Bonchev–Trinajstić information content (AvgIpc) is 3.43. The Morgan fingerprint density at radius 1 is 1.00 bits per heavy atom. The van der Waals surface area contributed by atoms with Crippen molar-refractivity contribution in [2.75, 3.05) is 18.9 Å². The second kappa shape index (κ2) is 13.3. The number of fused-ring (bicyclic) bond motifs is 3. The van der Waals surface area contributed by atoms with E-state index in [2.05, 4.69) is 22.8 Å². The van der Waals surface area contributed by atoms with Gasteiger partial charge < -0.3 is 30.1 Å². The van der Waals surface area contributed by atoms with Crippen LogP contribution in [0, 0.1) is 0 Å². The van der Waals surface area contributed by atoms with Crippen molar-refractivity contribution in [3.8, 4) is 11.1 Å². The van der Waals surface area contributed by atoms with Crippen LogP contribution in [0.15, 0.2) is 48.5 Å². The number of amides is 3. The van der Waals surface area contributed by atoms with Crippen molar-refractivity contribution in [3.63, 3.8) is 0 Å². The number of carbonyl (C=O) groups is 4. The van der Waals surface area contributed by atoms with Crippen molar-refractivity contribution in [2.24, 2.45) is 0 Å². The number of alkyl carbamates (subject to hydrolysis) is 2. The number of carboxylic acids is 1. The molecule has 4 rings (SSSR count). The summed E-state index contributed by atoms with van der Waals surface area (Å²) in [6.45, 7) is 9.34. The molecule has 3 N–H and O–H groups in total. The molecule has 2 aliphatic rings. The molecule has 0 radical (unpaired) electrons. The molecule has 10 nitrogen and oxygen atoms in total. The number of thioether (sulfide) groups is 1. The molecule has 0 saturated carbocycles. The molecule has 1 aliphatic carbocycles. The molecule has 2 aromatic rings. The Morgan fingerprint density at radius 2 is 1.60 bits per heavy atom. The second-order valence-electron chi connectivity index (χ2n) is 12.3. The molecule has 2 atom stereocenters. The number of carbonyl (C=O) groups excluding carboxylic acids is 3. The van der Waals surface area contributed by atoms with Crippen molar-refractivity contribution < 1.29 is 33.8 Å². The molecular formula is C32H41N3O7S. The van der Waals surface area contributed by atoms with Gasteiger partial charge in [-0.05, 0) is 76.1 Å². The number of rotatable bonds is 10. The summed E-state index contributed by atoms with van der Waals surface area (Å²) in [7, 11) is 0. The van der Waals surface area contributed by atoms with Crippen LogP contribution in [0.4, 0.5) is 9.59 Å². The van der Waals surface area contributed by atoms with Crippen LogP contribution in [0.2, 0.25) is 0 Å². The van der Waals surface area contributed by atoms with E-state index in [0.717, 1.165) is 22.3 Å². The number of carboxylic acid groups (broad SMARTS) is 1. The van der Waals surface area contributed by atoms with Gasteiger partial charge in [0.1, 0.15) is 24.3 Å². The predicted molar refractivity (Wildman–Crippen MR) is 165 cm³/mol. The molecule has 3 amide bonds. The van der Waals surface area contributed by atoms with Gasteiger partial charge in [0.05, 0.1) is 4.87 Å². The van der Waals surface area contributed by atoms with Crippen LogP contribution < -0.4 is 10.6 Å². The number of benzene rings is 2. The number of nitrogens with zero attached hydrogens (tertiary/aromatic N) is 1. The molecule has 232 valence electrons. The third-order valence-electron chi connectivity index (χ3n) is 7.53. The van der Waals surface area contributed by atoms with Crippen LogP contribution in [0.5, 0.6) is 0 Å². The summed E-state index contributed by atoms with van der Waals surface area (Å²) in [6, 6.07) is 14.0. The fraction of sp³-hybridized carbons (Fsp3) is 0.500. The van der Waals surface area contributed by atoms with E-state index in [9.17, 15) is 24.3 Å². The maximum absolute atomic E-state index is 13.8. The highest BCUT2D eigenvalue weighted by molar-refractivity contribution is 8.00. The highest BCUT2D eigenvalue weighted by Gasteiger charge is 2.48. The molecule has 1 heterocycles. The lowest BCUT2D eigenvalue weighted by Crippen LogP contribution is -2.57. The largest absolute Gasteiger partial charge is 0.480 e. The van der Waals surface area contributed by atoms with Crippen molar-refractivity contribution in [3.05, 3.63) is 59.7 Å². The van der Waals surface area contributed by atoms with Gasteiger partial charge in [-0.3, -0.25) is 4.79 Å². The summed E-state index contributed by atoms with van der Waals surface area (Å²) in [5, 5.41) is 15.2. The minimum absolute atomic E-state index is 0.0867. The maximum atomic E-state index is 13.8. The third-order valence-corrected chi connectivity index (χ3v) is 8.92. The lowest BCUT2D eigenvalue weighted by atomic mass is 9.98. The Kier molecular flexibility index (Phi) is 9.94. The monoisotopic (exact) mass is 611 g/mol. The Bertz CT molecular complexity index is 1310. The minimum atomic E-state index is -1.09. The zero-order valence-electron chi connectivity index (χ0n) is 25.3. The quantitative estimate of drug-likeness (QED) is 0.306. The lowest BCUT2D eigenvalue weighted by Gasteiger charge is -2.36. The van der Waals surface area contributed by atoms with Crippen LogP contribution in [0.1, 0.15) is 70.9 Å². The van der Waals surface area contributed by atoms with E-state index in [1.54, 1.807) is 34.6 Å². The van der Waals surface area contributed by atoms with Crippen molar-refractivity contribution in [1.29, 1.82) is 0 Å². The first-order chi connectivity index (χ1) is 20.3. The van der Waals surface area contributed by atoms with Crippen molar-refractivity contribution in [1.82, 2.24) is 15.5 Å². The van der Waals surface area contributed by atoms with Crippen LogP contribution in [0.3, 0.4) is 0 Å². The second-order valence-corrected chi connectivity index (χ2v) is 13.9. The van der Waals surface area contributed by atoms with E-state index < -0.39 is 46.6 Å². The summed E-state index contributed by atoms with van der Waals surface area (Å²) >= 11 is 1.38. The van der Waals surface area contributed by atoms with Crippen LogP contribution in [0.25, 0.3) is 11.1 Å². The standard InChI is InChI=1S/C32H41N3O7S/c1-31(2,3)42-29(39)33-17-11-10-16-25(27(36)35-26(28(37)38)19-43-32(35,4)5)34-30(40)41-18-24-22-14-8-6-12-20(22)21-13-7-9-15-23(21)24/h6-9,12-15,24-26H,10-11,16-19H2,1-5H3,(H,33,39)(H,34,40)(H,37,38). The Balaban J connectivity index is 1.42. The summed E-state index contributed by atoms with van der Waals surface area (Å²) in [4.78, 5) is 51.5. The van der Waals surface area contributed by atoms with E-state index in [4.69, 9.17) is 9.47 Å². The molecule has 0 bridgehead atoms. The smallest absolute Gasteiger partial charge is 0.407 e. The van der Waals surface area contributed by atoms with E-state index in [0.29, 0.717) is 19.4 Å². The third kappa shape index (κ3) is 7.81. The van der Waals surface area contributed by atoms with Crippen molar-refractivity contribution in [2.45, 2.75) is 82.4 Å². The molecule has 11 heteroatoms. The van der Waals surface area contributed by atoms with Gasteiger partial charge in [0.15, 0.2) is 0 Å². The molecule has 1 saturated heterocycles. The van der Waals surface area contributed by atoms with Gasteiger partial charge in [-0.25, -0.2) is 14.4 Å². The average molecular weight is 612 g/mol. The summed E-state index contributed by atoms with van der Waals surface area (Å²) in [5.74, 6) is -1.45. The Morgan fingerprint density at radius 3 is 2.19 bits per heavy atom. The summed E-state index contributed by atoms with van der Waals surface area (Å²) in [6.07, 6.45) is -0.0336. The fourth-order valence-electron chi connectivity index (χ4n) is 5.59. The van der Waals surface area contributed by atoms with Crippen LogP contribution in [-0.4, -0.2) is 75.5 Å². The van der Waals surface area contributed by atoms with Gasteiger partial charge >= 0.3 is 18.2 Å². The van der Waals surface area contributed by atoms with Crippen LogP contribution >= 0.6 is 11.8 Å².